The minimum Gasteiger partial charge on any atom is -0.344 e. The lowest BCUT2D eigenvalue weighted by molar-refractivity contribution is 0.0934. The number of para-hydroxylation sites is 1. The third kappa shape index (κ3) is 3.35. The Bertz CT molecular complexity index is 953. The molecule has 2 aromatic heterocycles. The predicted octanol–water partition coefficient (Wildman–Crippen LogP) is 2.06. The average molecular weight is 337 g/mol. The van der Waals surface area contributed by atoms with E-state index in [4.69, 9.17) is 0 Å². The van der Waals surface area contributed by atoms with Gasteiger partial charge in [-0.2, -0.15) is 5.10 Å². The molecule has 0 fully saturated rings. The zero-order chi connectivity index (χ0) is 18.0. The minimum atomic E-state index is -0.355. The summed E-state index contributed by atoms with van der Waals surface area (Å²) in [6.07, 6.45) is 4.14. The number of aromatic nitrogens is 4. The van der Waals surface area contributed by atoms with E-state index < -0.39 is 0 Å². The summed E-state index contributed by atoms with van der Waals surface area (Å²) < 4.78 is 1.87. The number of aromatic amines is 1. The molecule has 3 aromatic rings. The van der Waals surface area contributed by atoms with E-state index in [1.54, 1.807) is 6.20 Å². The van der Waals surface area contributed by atoms with E-state index in [1.165, 1.54) is 6.20 Å². The zero-order valence-electron chi connectivity index (χ0n) is 14.3. The van der Waals surface area contributed by atoms with Crippen molar-refractivity contribution >= 4 is 5.91 Å². The Morgan fingerprint density at radius 1 is 1.24 bits per heavy atom. The second kappa shape index (κ2) is 6.72. The molecule has 2 heterocycles. The molecule has 0 saturated carbocycles. The Balaban J connectivity index is 1.83. The van der Waals surface area contributed by atoms with Crippen molar-refractivity contribution in [1.29, 1.82) is 0 Å². The van der Waals surface area contributed by atoms with Gasteiger partial charge in [-0.3, -0.25) is 9.59 Å². The predicted molar refractivity (Wildman–Crippen MR) is 93.8 cm³/mol. The number of H-pyrrole nitrogens is 1. The van der Waals surface area contributed by atoms with E-state index in [1.807, 2.05) is 49.7 Å². The summed E-state index contributed by atoms with van der Waals surface area (Å²) in [5.41, 5.74) is 3.81. The van der Waals surface area contributed by atoms with Gasteiger partial charge in [-0.05, 0) is 32.4 Å². The first-order valence-electron chi connectivity index (χ1n) is 7.93. The highest BCUT2D eigenvalue weighted by atomic mass is 16.2. The van der Waals surface area contributed by atoms with Gasteiger partial charge in [0.25, 0.3) is 11.5 Å². The number of aryl methyl sites for hydroxylation is 1. The van der Waals surface area contributed by atoms with Crippen molar-refractivity contribution in [2.24, 2.45) is 0 Å². The summed E-state index contributed by atoms with van der Waals surface area (Å²) in [6, 6.07) is 7.74. The number of nitrogens with one attached hydrogen (secondary N) is 2. The molecule has 3 rings (SSSR count). The van der Waals surface area contributed by atoms with Crippen molar-refractivity contribution in [2.45, 2.75) is 26.8 Å². The summed E-state index contributed by atoms with van der Waals surface area (Å²) in [7, 11) is 0. The Morgan fingerprint density at radius 2 is 2.00 bits per heavy atom. The van der Waals surface area contributed by atoms with E-state index in [0.29, 0.717) is 0 Å². The second-order valence-corrected chi connectivity index (χ2v) is 5.88. The van der Waals surface area contributed by atoms with Crippen LogP contribution in [0.25, 0.3) is 5.69 Å². The van der Waals surface area contributed by atoms with Crippen LogP contribution in [0, 0.1) is 13.8 Å². The Hall–Kier alpha value is -3.22. The van der Waals surface area contributed by atoms with Crippen molar-refractivity contribution in [3.8, 4) is 5.69 Å². The number of rotatable bonds is 4. The van der Waals surface area contributed by atoms with Gasteiger partial charge in [0.05, 0.1) is 24.1 Å². The topological polar surface area (TPSA) is 92.7 Å². The molecule has 0 radical (unpaired) electrons. The molecule has 0 unspecified atom stereocenters. The molecule has 0 aliphatic rings. The first kappa shape index (κ1) is 16.6. The maximum Gasteiger partial charge on any atom is 0.271 e. The quantitative estimate of drug-likeness (QED) is 0.762. The van der Waals surface area contributed by atoms with Crippen LogP contribution in [0.3, 0.4) is 0 Å². The monoisotopic (exact) mass is 337 g/mol. The third-order valence-electron chi connectivity index (χ3n) is 4.11. The summed E-state index contributed by atoms with van der Waals surface area (Å²) in [5.74, 6) is -0.355. The number of amides is 1. The van der Waals surface area contributed by atoms with Crippen LogP contribution < -0.4 is 10.9 Å². The molecular formula is C18H19N5O2. The second-order valence-electron chi connectivity index (χ2n) is 5.88. The zero-order valence-corrected chi connectivity index (χ0v) is 14.3. The van der Waals surface area contributed by atoms with Crippen molar-refractivity contribution in [3.05, 3.63) is 75.7 Å². The van der Waals surface area contributed by atoms with Gasteiger partial charge in [-0.1, -0.05) is 18.2 Å². The van der Waals surface area contributed by atoms with Crippen molar-refractivity contribution in [1.82, 2.24) is 25.1 Å². The number of nitrogens with zero attached hydrogens (tertiary/aromatic N) is 3. The summed E-state index contributed by atoms with van der Waals surface area (Å²) in [4.78, 5) is 29.6. The van der Waals surface area contributed by atoms with Gasteiger partial charge in [-0.15, -0.1) is 0 Å². The Kier molecular flexibility index (Phi) is 4.47. The SMILES string of the molecule is Cc1ccccc1-n1ncc([C@@H](C)NC(=O)c2c[nH]c(=O)cn2)c1C. The highest BCUT2D eigenvalue weighted by Gasteiger charge is 2.18. The van der Waals surface area contributed by atoms with E-state index in [0.717, 1.165) is 28.7 Å². The van der Waals surface area contributed by atoms with E-state index >= 15 is 0 Å². The first-order valence-corrected chi connectivity index (χ1v) is 7.93. The van der Waals surface area contributed by atoms with E-state index in [2.05, 4.69) is 20.4 Å². The number of hydrogen-bond acceptors (Lipinski definition) is 4. The van der Waals surface area contributed by atoms with Gasteiger partial charge in [0.15, 0.2) is 0 Å². The van der Waals surface area contributed by atoms with E-state index in [9.17, 15) is 9.59 Å². The lowest BCUT2D eigenvalue weighted by Gasteiger charge is -2.14. The van der Waals surface area contributed by atoms with Crippen LogP contribution in [0.4, 0.5) is 0 Å². The number of carbonyl (C=O) groups is 1. The fourth-order valence-corrected chi connectivity index (χ4v) is 2.71. The molecule has 1 aromatic carbocycles. The molecule has 25 heavy (non-hydrogen) atoms. The fourth-order valence-electron chi connectivity index (χ4n) is 2.71. The molecule has 1 atom stereocenters. The van der Waals surface area contributed by atoms with Crippen molar-refractivity contribution in [3.63, 3.8) is 0 Å². The van der Waals surface area contributed by atoms with E-state index in [-0.39, 0.29) is 23.2 Å². The fraction of sp³-hybridized carbons (Fsp3) is 0.222. The normalized spacial score (nSPS) is 12.0. The van der Waals surface area contributed by atoms with Crippen LogP contribution in [0.15, 0.2) is 47.7 Å². The molecule has 0 saturated heterocycles. The number of hydrogen-bond donors (Lipinski definition) is 2. The molecule has 0 aliphatic heterocycles. The van der Waals surface area contributed by atoms with Gasteiger partial charge in [0, 0.05) is 17.5 Å². The van der Waals surface area contributed by atoms with Gasteiger partial charge in [0.2, 0.25) is 0 Å². The molecule has 0 aliphatic carbocycles. The van der Waals surface area contributed by atoms with Crippen LogP contribution in [0.2, 0.25) is 0 Å². The molecule has 7 heteroatoms. The van der Waals surface area contributed by atoms with Crippen LogP contribution in [0.1, 0.15) is 40.3 Å². The van der Waals surface area contributed by atoms with Crippen LogP contribution in [-0.2, 0) is 0 Å². The van der Waals surface area contributed by atoms with Crippen LogP contribution >= 0.6 is 0 Å². The molecule has 0 spiro atoms. The standard InChI is InChI=1S/C18H19N5O2/c1-11-6-4-5-7-16(11)23-13(3)14(8-21-23)12(2)22-18(25)15-9-20-17(24)10-19-15/h4-10,12H,1-3H3,(H,20,24)(H,22,25)/t12-/m1/s1. The average Bonchev–Trinajstić information content (AvgIpc) is 2.97. The smallest absolute Gasteiger partial charge is 0.271 e. The lowest BCUT2D eigenvalue weighted by atomic mass is 10.1. The van der Waals surface area contributed by atoms with Crippen LogP contribution in [-0.4, -0.2) is 25.7 Å². The molecular weight excluding hydrogens is 318 g/mol. The molecule has 7 nitrogen and oxygen atoms in total. The summed E-state index contributed by atoms with van der Waals surface area (Å²) in [5, 5.41) is 7.34. The number of benzene rings is 1. The molecule has 128 valence electrons. The van der Waals surface area contributed by atoms with Gasteiger partial charge < -0.3 is 10.3 Å². The summed E-state index contributed by atoms with van der Waals surface area (Å²) >= 11 is 0. The molecule has 1 amide bonds. The third-order valence-corrected chi connectivity index (χ3v) is 4.11. The first-order chi connectivity index (χ1) is 12.0. The highest BCUT2D eigenvalue weighted by molar-refractivity contribution is 5.92. The minimum absolute atomic E-state index is 0.162. The van der Waals surface area contributed by atoms with Gasteiger partial charge in [0.1, 0.15) is 5.69 Å². The van der Waals surface area contributed by atoms with Gasteiger partial charge in [-0.25, -0.2) is 9.67 Å². The maximum atomic E-state index is 12.3. The lowest BCUT2D eigenvalue weighted by Crippen LogP contribution is -2.28. The van der Waals surface area contributed by atoms with Gasteiger partial charge >= 0.3 is 0 Å². The Morgan fingerprint density at radius 3 is 2.68 bits per heavy atom. The largest absolute Gasteiger partial charge is 0.344 e. The summed E-state index contributed by atoms with van der Waals surface area (Å²) in [6.45, 7) is 5.88. The van der Waals surface area contributed by atoms with Crippen molar-refractivity contribution < 1.29 is 4.79 Å². The maximum absolute atomic E-state index is 12.3. The van der Waals surface area contributed by atoms with Crippen LogP contribution in [0.5, 0.6) is 0 Å². The highest BCUT2D eigenvalue weighted by Crippen LogP contribution is 2.22. The molecule has 0 bridgehead atoms. The molecule has 2 N–H and O–H groups in total. The number of carbonyl (C=O) groups excluding carboxylic acids is 1. The van der Waals surface area contributed by atoms with Crippen molar-refractivity contribution in [2.75, 3.05) is 0 Å². The Labute approximate surface area is 144 Å².